The number of aromatic nitrogens is 2. The van der Waals surface area contributed by atoms with E-state index in [0.717, 1.165) is 0 Å². The van der Waals surface area contributed by atoms with Crippen molar-refractivity contribution in [1.82, 2.24) is 9.72 Å². The van der Waals surface area contributed by atoms with Crippen LogP contribution in [0.2, 0.25) is 0 Å². The Kier molecular flexibility index (Phi) is 3.76. The largest absolute Gasteiger partial charge is 0.477 e. The number of hydrogen-bond donors (Lipinski definition) is 1. The predicted molar refractivity (Wildman–Crippen MR) is 82.4 cm³/mol. The van der Waals surface area contributed by atoms with E-state index in [1.165, 1.54) is 42.1 Å². The maximum Gasteiger partial charge on any atom is 0.352 e. The second kappa shape index (κ2) is 5.77. The first-order valence-corrected chi connectivity index (χ1v) is 7.05. The standard InChI is InChI=1S/C17H13FN2O4/c1-9-14(15(19-24-9)10-4-3-5-12(18)6-10)16(21)11-7-13(17(22)23)20(2)8-11/h3-8H,1-2H3,(H,22,23). The van der Waals surface area contributed by atoms with Crippen LogP contribution in [0.25, 0.3) is 11.3 Å². The Morgan fingerprint density at radius 1 is 1.29 bits per heavy atom. The number of aromatic carboxylic acids is 1. The zero-order chi connectivity index (χ0) is 17.4. The highest BCUT2D eigenvalue weighted by molar-refractivity contribution is 6.13. The minimum atomic E-state index is -1.14. The summed E-state index contributed by atoms with van der Waals surface area (Å²) in [4.78, 5) is 23.9. The molecular formula is C17H13FN2O4. The Morgan fingerprint density at radius 3 is 2.67 bits per heavy atom. The van der Waals surface area contributed by atoms with Crippen LogP contribution >= 0.6 is 0 Å². The number of carboxylic acids is 1. The summed E-state index contributed by atoms with van der Waals surface area (Å²) in [5.74, 6) is -1.75. The number of rotatable bonds is 4. The van der Waals surface area contributed by atoms with Gasteiger partial charge in [-0.1, -0.05) is 17.3 Å². The van der Waals surface area contributed by atoms with E-state index in [-0.39, 0.29) is 28.3 Å². The fourth-order valence-electron chi connectivity index (χ4n) is 2.52. The summed E-state index contributed by atoms with van der Waals surface area (Å²) >= 11 is 0. The minimum Gasteiger partial charge on any atom is -0.477 e. The molecule has 0 aliphatic heterocycles. The van der Waals surface area contributed by atoms with Crippen molar-refractivity contribution >= 4 is 11.8 Å². The normalized spacial score (nSPS) is 10.8. The SMILES string of the molecule is Cc1onc(-c2cccc(F)c2)c1C(=O)c1cc(C(=O)O)n(C)c1. The van der Waals surface area contributed by atoms with Crippen LogP contribution < -0.4 is 0 Å². The molecule has 0 amide bonds. The van der Waals surface area contributed by atoms with Gasteiger partial charge in [0.2, 0.25) is 0 Å². The van der Waals surface area contributed by atoms with Crippen LogP contribution in [0.5, 0.6) is 0 Å². The van der Waals surface area contributed by atoms with Crippen LogP contribution in [0.4, 0.5) is 4.39 Å². The van der Waals surface area contributed by atoms with Gasteiger partial charge >= 0.3 is 5.97 Å². The van der Waals surface area contributed by atoms with E-state index in [2.05, 4.69) is 5.16 Å². The van der Waals surface area contributed by atoms with Crippen LogP contribution in [-0.4, -0.2) is 26.6 Å². The molecule has 0 saturated heterocycles. The first kappa shape index (κ1) is 15.7. The van der Waals surface area contributed by atoms with Gasteiger partial charge in [0.05, 0.1) is 5.56 Å². The van der Waals surface area contributed by atoms with Crippen molar-refractivity contribution in [2.45, 2.75) is 6.92 Å². The van der Waals surface area contributed by atoms with Crippen molar-refractivity contribution in [3.8, 4) is 11.3 Å². The molecule has 0 aliphatic rings. The van der Waals surface area contributed by atoms with Crippen LogP contribution in [0.1, 0.15) is 32.2 Å². The fraction of sp³-hybridized carbons (Fsp3) is 0.118. The molecule has 3 aromatic rings. The molecule has 0 spiro atoms. The minimum absolute atomic E-state index is 0.0141. The zero-order valence-electron chi connectivity index (χ0n) is 12.9. The first-order chi connectivity index (χ1) is 11.4. The van der Waals surface area contributed by atoms with Gasteiger partial charge in [-0.25, -0.2) is 9.18 Å². The number of benzene rings is 1. The molecule has 0 unspecified atom stereocenters. The molecule has 0 radical (unpaired) electrons. The number of hydrogen-bond acceptors (Lipinski definition) is 4. The first-order valence-electron chi connectivity index (χ1n) is 7.05. The summed E-state index contributed by atoms with van der Waals surface area (Å²) in [6.45, 7) is 1.57. The molecule has 2 heterocycles. The summed E-state index contributed by atoms with van der Waals surface area (Å²) in [5.41, 5.74) is 0.990. The number of ketones is 1. The lowest BCUT2D eigenvalue weighted by Crippen LogP contribution is -2.03. The summed E-state index contributed by atoms with van der Waals surface area (Å²) < 4.78 is 19.9. The topological polar surface area (TPSA) is 85.3 Å². The Morgan fingerprint density at radius 2 is 2.04 bits per heavy atom. The average molecular weight is 328 g/mol. The van der Waals surface area contributed by atoms with E-state index >= 15 is 0 Å². The lowest BCUT2D eigenvalue weighted by Gasteiger charge is -2.01. The Bertz CT molecular complexity index is 955. The molecular weight excluding hydrogens is 315 g/mol. The van der Waals surface area contributed by atoms with Crippen molar-refractivity contribution < 1.29 is 23.6 Å². The smallest absolute Gasteiger partial charge is 0.352 e. The number of carboxylic acid groups (broad SMARTS) is 1. The van der Waals surface area contributed by atoms with E-state index in [9.17, 15) is 14.0 Å². The molecule has 2 aromatic heterocycles. The third-order valence-electron chi connectivity index (χ3n) is 3.67. The summed E-state index contributed by atoms with van der Waals surface area (Å²) in [7, 11) is 1.54. The van der Waals surface area contributed by atoms with Crippen LogP contribution in [0.3, 0.4) is 0 Å². The van der Waals surface area contributed by atoms with E-state index < -0.39 is 17.6 Å². The number of carbonyl (C=O) groups excluding carboxylic acids is 1. The van der Waals surface area contributed by atoms with Crippen LogP contribution in [0.15, 0.2) is 41.1 Å². The van der Waals surface area contributed by atoms with Crippen LogP contribution in [0, 0.1) is 12.7 Å². The van der Waals surface area contributed by atoms with Crippen molar-refractivity contribution in [2.24, 2.45) is 7.05 Å². The maximum atomic E-state index is 13.4. The number of aryl methyl sites for hydroxylation is 2. The van der Waals surface area contributed by atoms with Gasteiger partial charge in [0.1, 0.15) is 23.0 Å². The molecule has 24 heavy (non-hydrogen) atoms. The molecule has 0 bridgehead atoms. The van der Waals surface area contributed by atoms with Crippen LogP contribution in [-0.2, 0) is 7.05 Å². The van der Waals surface area contributed by atoms with Crippen molar-refractivity contribution in [3.05, 3.63) is 64.9 Å². The molecule has 0 fully saturated rings. The Labute approximate surface area is 136 Å². The highest BCUT2D eigenvalue weighted by Crippen LogP contribution is 2.28. The quantitative estimate of drug-likeness (QED) is 0.744. The van der Waals surface area contributed by atoms with Gasteiger partial charge in [0.15, 0.2) is 5.78 Å². The highest BCUT2D eigenvalue weighted by atomic mass is 19.1. The molecule has 1 aromatic carbocycles. The Balaban J connectivity index is 2.10. The van der Waals surface area contributed by atoms with E-state index in [1.54, 1.807) is 13.0 Å². The van der Waals surface area contributed by atoms with Gasteiger partial charge in [0.25, 0.3) is 0 Å². The molecule has 3 rings (SSSR count). The third-order valence-corrected chi connectivity index (χ3v) is 3.67. The molecule has 7 heteroatoms. The molecule has 0 atom stereocenters. The maximum absolute atomic E-state index is 13.4. The summed E-state index contributed by atoms with van der Waals surface area (Å²) in [6.07, 6.45) is 1.42. The molecule has 1 N–H and O–H groups in total. The average Bonchev–Trinajstić information content (AvgIpc) is 3.10. The lowest BCUT2D eigenvalue weighted by atomic mass is 9.99. The zero-order valence-corrected chi connectivity index (χ0v) is 12.9. The van der Waals surface area contributed by atoms with E-state index in [0.29, 0.717) is 5.56 Å². The number of halogens is 1. The summed E-state index contributed by atoms with van der Waals surface area (Å²) in [5, 5.41) is 13.0. The fourth-order valence-corrected chi connectivity index (χ4v) is 2.52. The number of carbonyl (C=O) groups is 2. The van der Waals surface area contributed by atoms with Gasteiger partial charge in [-0.05, 0) is 25.1 Å². The molecule has 0 saturated carbocycles. The number of nitrogens with zero attached hydrogens (tertiary/aromatic N) is 2. The van der Waals surface area contributed by atoms with Gasteiger partial charge in [0, 0.05) is 24.4 Å². The second-order valence-electron chi connectivity index (χ2n) is 5.33. The van der Waals surface area contributed by atoms with Gasteiger partial charge in [-0.2, -0.15) is 0 Å². The van der Waals surface area contributed by atoms with E-state index in [1.807, 2.05) is 0 Å². The molecule has 0 aliphatic carbocycles. The van der Waals surface area contributed by atoms with Gasteiger partial charge in [-0.15, -0.1) is 0 Å². The van der Waals surface area contributed by atoms with Crippen molar-refractivity contribution in [3.63, 3.8) is 0 Å². The van der Waals surface area contributed by atoms with E-state index in [4.69, 9.17) is 9.63 Å². The van der Waals surface area contributed by atoms with Crippen molar-refractivity contribution in [2.75, 3.05) is 0 Å². The van der Waals surface area contributed by atoms with Gasteiger partial charge < -0.3 is 14.2 Å². The summed E-state index contributed by atoms with van der Waals surface area (Å²) in [6, 6.07) is 6.95. The monoisotopic (exact) mass is 328 g/mol. The highest BCUT2D eigenvalue weighted by Gasteiger charge is 2.25. The predicted octanol–water partition coefficient (Wildman–Crippen LogP) is 3.06. The third kappa shape index (κ3) is 2.60. The second-order valence-corrected chi connectivity index (χ2v) is 5.33. The Hall–Kier alpha value is -3.22. The molecule has 6 nitrogen and oxygen atoms in total. The lowest BCUT2D eigenvalue weighted by molar-refractivity contribution is 0.0686. The van der Waals surface area contributed by atoms with Gasteiger partial charge in [-0.3, -0.25) is 4.79 Å². The molecule has 122 valence electrons. The van der Waals surface area contributed by atoms with Crippen molar-refractivity contribution in [1.29, 1.82) is 0 Å².